The lowest BCUT2D eigenvalue weighted by Crippen LogP contribution is -2.42. The molecule has 0 spiro atoms. The van der Waals surface area contributed by atoms with E-state index in [4.69, 9.17) is 25.9 Å². The molecule has 0 saturated carbocycles. The van der Waals surface area contributed by atoms with Gasteiger partial charge < -0.3 is 19.2 Å². The molecule has 0 fully saturated rings. The van der Waals surface area contributed by atoms with E-state index in [1.807, 2.05) is 0 Å². The molecular weight excluding hydrogens is 516 g/mol. The smallest absolute Gasteiger partial charge is 0.441 e. The van der Waals surface area contributed by atoms with Crippen LogP contribution in [0.5, 0.6) is 5.75 Å². The molecule has 2 aromatic carbocycles. The van der Waals surface area contributed by atoms with E-state index in [-0.39, 0.29) is 26.4 Å². The summed E-state index contributed by atoms with van der Waals surface area (Å²) in [5.74, 6) is -2.87. The van der Waals surface area contributed by atoms with Crippen molar-refractivity contribution < 1.29 is 41.9 Å². The van der Waals surface area contributed by atoms with Crippen molar-refractivity contribution in [3.63, 3.8) is 0 Å². The quantitative estimate of drug-likeness (QED) is 0.316. The Labute approximate surface area is 213 Å². The Bertz CT molecular complexity index is 1300. The zero-order valence-corrected chi connectivity index (χ0v) is 22.0. The summed E-state index contributed by atoms with van der Waals surface area (Å²) in [4.78, 5) is 55.1. The Morgan fingerprint density at radius 2 is 1.58 bits per heavy atom. The zero-order valence-electron chi connectivity index (χ0n) is 20.4. The van der Waals surface area contributed by atoms with Crippen molar-refractivity contribution >= 4 is 45.6 Å². The van der Waals surface area contributed by atoms with E-state index in [1.54, 1.807) is 0 Å². The van der Waals surface area contributed by atoms with Crippen LogP contribution in [0.15, 0.2) is 47.4 Å². The van der Waals surface area contributed by atoms with Crippen LogP contribution in [0, 0.1) is 0 Å². The summed E-state index contributed by atoms with van der Waals surface area (Å²) in [5, 5.41) is -0.352. The van der Waals surface area contributed by atoms with Crippen molar-refractivity contribution in [1.82, 2.24) is 9.37 Å². The van der Waals surface area contributed by atoms with Gasteiger partial charge in [0.15, 0.2) is 0 Å². The van der Waals surface area contributed by atoms with Crippen LogP contribution in [0.1, 0.15) is 48.4 Å². The average Bonchev–Trinajstić information content (AvgIpc) is 2.75. The molecule has 0 saturated heterocycles. The maximum atomic E-state index is 13.5. The van der Waals surface area contributed by atoms with Crippen molar-refractivity contribution in [2.45, 2.75) is 38.2 Å². The van der Waals surface area contributed by atoms with Gasteiger partial charge in [-0.1, -0.05) is 23.7 Å². The van der Waals surface area contributed by atoms with E-state index in [1.165, 1.54) is 70.1 Å². The summed E-state index contributed by atoms with van der Waals surface area (Å²) in [5.41, 5.74) is -1.59. The number of ether oxygens (including phenoxy) is 2. The van der Waals surface area contributed by atoms with Crippen molar-refractivity contribution in [2.24, 2.45) is 0 Å². The molecular formula is C23H25ClN2O9S. The summed E-state index contributed by atoms with van der Waals surface area (Å²) in [6.07, 6.45) is -1.55. The van der Waals surface area contributed by atoms with Crippen molar-refractivity contribution in [2.75, 3.05) is 14.1 Å². The minimum absolute atomic E-state index is 0.0568. The zero-order chi connectivity index (χ0) is 27.4. The highest BCUT2D eigenvalue weighted by Crippen LogP contribution is 2.29. The Kier molecular flexibility index (Phi) is 8.70. The molecule has 36 heavy (non-hydrogen) atoms. The van der Waals surface area contributed by atoms with Gasteiger partial charge in [0.1, 0.15) is 21.8 Å². The fourth-order valence-electron chi connectivity index (χ4n) is 2.67. The van der Waals surface area contributed by atoms with Gasteiger partial charge in [-0.25, -0.2) is 9.59 Å². The van der Waals surface area contributed by atoms with Gasteiger partial charge in [-0.15, -0.1) is 0 Å². The lowest BCUT2D eigenvalue weighted by atomic mass is 10.2. The number of halogens is 1. The molecule has 0 aliphatic heterocycles. The van der Waals surface area contributed by atoms with Crippen LogP contribution in [0.25, 0.3) is 0 Å². The van der Waals surface area contributed by atoms with Gasteiger partial charge in [0.2, 0.25) is 0 Å². The van der Waals surface area contributed by atoms with E-state index in [2.05, 4.69) is 0 Å². The van der Waals surface area contributed by atoms with Crippen molar-refractivity contribution in [1.29, 1.82) is 0 Å². The number of benzene rings is 2. The van der Waals surface area contributed by atoms with Gasteiger partial charge in [-0.3, -0.25) is 9.59 Å². The summed E-state index contributed by atoms with van der Waals surface area (Å²) in [7, 11) is -2.10. The molecule has 2 aromatic rings. The van der Waals surface area contributed by atoms with E-state index in [9.17, 15) is 27.6 Å². The number of hydroxylamine groups is 1. The predicted molar refractivity (Wildman–Crippen MR) is 128 cm³/mol. The minimum Gasteiger partial charge on any atom is -0.441 e. The standard InChI is InChI=1S/C23H25ClN2O9S/c1-14(27)33-18-10-8-7-9-16(18)21(29)35-26(22(30)34-23(2,3)4)36(31,32)19-13-15(11-12-17(19)24)20(28)25(5)6/h7-13H,1-6H3. The Hall–Kier alpha value is -3.64. The number of carbonyl (C=O) groups excluding carboxylic acids is 4. The van der Waals surface area contributed by atoms with E-state index in [0.717, 1.165) is 19.1 Å². The number of rotatable bonds is 5. The number of esters is 1. The normalized spacial score (nSPS) is 11.3. The van der Waals surface area contributed by atoms with Gasteiger partial charge in [0.05, 0.1) is 5.02 Å². The minimum atomic E-state index is -5.02. The molecule has 11 nitrogen and oxygen atoms in total. The lowest BCUT2D eigenvalue weighted by molar-refractivity contribution is -0.131. The third kappa shape index (κ3) is 6.95. The monoisotopic (exact) mass is 540 g/mol. The third-order valence-electron chi connectivity index (χ3n) is 4.15. The first-order valence-electron chi connectivity index (χ1n) is 10.3. The van der Waals surface area contributed by atoms with Crippen LogP contribution in [0.2, 0.25) is 5.02 Å². The highest BCUT2D eigenvalue weighted by molar-refractivity contribution is 7.89. The molecule has 13 heteroatoms. The summed E-state index contributed by atoms with van der Waals surface area (Å²) >= 11 is 6.10. The molecule has 0 aliphatic carbocycles. The second kappa shape index (κ2) is 11.0. The largest absolute Gasteiger partial charge is 0.459 e. The number of amides is 2. The van der Waals surface area contributed by atoms with Crippen molar-refractivity contribution in [3.05, 3.63) is 58.6 Å². The number of hydrogen-bond acceptors (Lipinski definition) is 9. The van der Waals surface area contributed by atoms with Crippen LogP contribution >= 0.6 is 11.6 Å². The number of hydrogen-bond donors (Lipinski definition) is 0. The number of sulfonamides is 1. The highest BCUT2D eigenvalue weighted by atomic mass is 35.5. The first kappa shape index (κ1) is 28.6. The van der Waals surface area contributed by atoms with Gasteiger partial charge in [-0.2, -0.15) is 8.42 Å². The second-order valence-electron chi connectivity index (χ2n) is 8.53. The molecule has 0 unspecified atom stereocenters. The summed E-state index contributed by atoms with van der Waals surface area (Å²) in [6.45, 7) is 5.51. The molecule has 0 heterocycles. The third-order valence-corrected chi connectivity index (χ3v) is 6.15. The van der Waals surface area contributed by atoms with Crippen molar-refractivity contribution in [3.8, 4) is 5.75 Å². The Morgan fingerprint density at radius 3 is 2.14 bits per heavy atom. The topological polar surface area (TPSA) is 137 Å². The molecule has 194 valence electrons. The second-order valence-corrected chi connectivity index (χ2v) is 10.7. The number of nitrogens with zero attached hydrogens (tertiary/aromatic N) is 2. The van der Waals surface area contributed by atoms with E-state index >= 15 is 0 Å². The maximum absolute atomic E-state index is 13.5. The first-order chi connectivity index (χ1) is 16.5. The SMILES string of the molecule is CC(=O)Oc1ccccc1C(=O)ON(C(=O)OC(C)(C)C)S(=O)(=O)c1cc(C(=O)N(C)C)ccc1Cl. The molecule has 0 radical (unpaired) electrons. The Balaban J connectivity index is 2.61. The summed E-state index contributed by atoms with van der Waals surface area (Å²) < 4.78 is 36.8. The molecule has 0 atom stereocenters. The van der Waals surface area contributed by atoms with Crippen LogP contribution in [0.3, 0.4) is 0 Å². The van der Waals surface area contributed by atoms with E-state index in [0.29, 0.717) is 0 Å². The first-order valence-corrected chi connectivity index (χ1v) is 12.2. The van der Waals surface area contributed by atoms with Crippen LogP contribution in [-0.2, 0) is 24.4 Å². The molecule has 2 rings (SSSR count). The van der Waals surface area contributed by atoms with Crippen LogP contribution in [-0.4, -0.2) is 61.4 Å². The number of para-hydroxylation sites is 1. The van der Waals surface area contributed by atoms with Crippen LogP contribution < -0.4 is 4.74 Å². The fraction of sp³-hybridized carbons (Fsp3) is 0.304. The van der Waals surface area contributed by atoms with Gasteiger partial charge in [0, 0.05) is 26.6 Å². The molecule has 0 aromatic heterocycles. The fourth-order valence-corrected chi connectivity index (χ4v) is 4.25. The van der Waals surface area contributed by atoms with Gasteiger partial charge >= 0.3 is 28.1 Å². The maximum Gasteiger partial charge on any atom is 0.459 e. The van der Waals surface area contributed by atoms with Crippen LogP contribution in [0.4, 0.5) is 4.79 Å². The van der Waals surface area contributed by atoms with Gasteiger partial charge in [-0.05, 0) is 55.6 Å². The lowest BCUT2D eigenvalue weighted by Gasteiger charge is -2.26. The average molecular weight is 541 g/mol. The highest BCUT2D eigenvalue weighted by Gasteiger charge is 2.39. The predicted octanol–water partition coefficient (Wildman–Crippen LogP) is 3.66. The molecule has 0 aliphatic rings. The molecule has 0 N–H and O–H groups in total. The summed E-state index contributed by atoms with van der Waals surface area (Å²) in [6, 6.07) is 8.73. The molecule has 0 bridgehead atoms. The van der Waals surface area contributed by atoms with Gasteiger partial charge in [0.25, 0.3) is 5.91 Å². The molecule has 2 amide bonds. The Morgan fingerprint density at radius 1 is 0.972 bits per heavy atom. The number of carbonyl (C=O) groups is 4. The van der Waals surface area contributed by atoms with E-state index < -0.39 is 44.5 Å².